The fourth-order valence-electron chi connectivity index (χ4n) is 2.22. The van der Waals surface area contributed by atoms with E-state index < -0.39 is 0 Å². The summed E-state index contributed by atoms with van der Waals surface area (Å²) in [6.45, 7) is 5.96. The van der Waals surface area contributed by atoms with Gasteiger partial charge in [0.05, 0.1) is 0 Å². The number of rotatable bonds is 5. The Labute approximate surface area is 109 Å². The molecule has 0 amide bonds. The van der Waals surface area contributed by atoms with Crippen LogP contribution in [0.1, 0.15) is 24.8 Å². The molecule has 94 valence electrons. The average molecular weight is 250 g/mol. The molecule has 1 aromatic rings. The van der Waals surface area contributed by atoms with Gasteiger partial charge in [0.1, 0.15) is 0 Å². The smallest absolute Gasteiger partial charge is 0.0344 e. The van der Waals surface area contributed by atoms with E-state index in [1.54, 1.807) is 0 Å². The van der Waals surface area contributed by atoms with E-state index >= 15 is 0 Å². The summed E-state index contributed by atoms with van der Waals surface area (Å²) in [6.07, 6.45) is 4.07. The monoisotopic (exact) mass is 250 g/mol. The van der Waals surface area contributed by atoms with E-state index in [1.807, 2.05) is 17.8 Å². The second kappa shape index (κ2) is 6.31. The summed E-state index contributed by atoms with van der Waals surface area (Å²) in [5, 5.41) is 0. The van der Waals surface area contributed by atoms with Gasteiger partial charge in [0.25, 0.3) is 0 Å². The maximum absolute atomic E-state index is 5.81. The van der Waals surface area contributed by atoms with Gasteiger partial charge >= 0.3 is 0 Å². The van der Waals surface area contributed by atoms with Gasteiger partial charge in [-0.3, -0.25) is 0 Å². The van der Waals surface area contributed by atoms with Gasteiger partial charge in [0, 0.05) is 10.6 Å². The average Bonchev–Trinajstić information content (AvgIpc) is 2.82. The Balaban J connectivity index is 1.68. The lowest BCUT2D eigenvalue weighted by atomic mass is 10.2. The zero-order chi connectivity index (χ0) is 12.1. The fraction of sp³-hybridized carbons (Fsp3) is 0.571. The number of hydrogen-bond acceptors (Lipinski definition) is 3. The van der Waals surface area contributed by atoms with Gasteiger partial charge in [-0.1, -0.05) is 0 Å². The van der Waals surface area contributed by atoms with E-state index in [9.17, 15) is 0 Å². The predicted octanol–water partition coefficient (Wildman–Crippen LogP) is 3.16. The predicted molar refractivity (Wildman–Crippen MR) is 76.6 cm³/mol. The second-order valence-electron chi connectivity index (χ2n) is 4.77. The van der Waals surface area contributed by atoms with Crippen LogP contribution in [0.25, 0.3) is 0 Å². The van der Waals surface area contributed by atoms with Crippen LogP contribution in [0.5, 0.6) is 0 Å². The third-order valence-corrected chi connectivity index (χ3v) is 4.41. The minimum absolute atomic E-state index is 0.895. The number of nitrogens with zero attached hydrogens (tertiary/aromatic N) is 1. The molecule has 17 heavy (non-hydrogen) atoms. The van der Waals surface area contributed by atoms with Gasteiger partial charge in [-0.05, 0) is 75.3 Å². The van der Waals surface area contributed by atoms with Crippen molar-refractivity contribution in [1.29, 1.82) is 0 Å². The van der Waals surface area contributed by atoms with Gasteiger partial charge in [-0.15, -0.1) is 11.8 Å². The first-order valence-corrected chi connectivity index (χ1v) is 7.45. The van der Waals surface area contributed by atoms with Crippen molar-refractivity contribution in [1.82, 2.24) is 4.90 Å². The van der Waals surface area contributed by atoms with Crippen molar-refractivity contribution in [3.8, 4) is 0 Å². The van der Waals surface area contributed by atoms with Crippen LogP contribution >= 0.6 is 11.8 Å². The standard InChI is InChI=1S/C14H22N2S/c1-12-11-13(5-6-14(12)15)17-10-4-9-16-7-2-3-8-16/h5-6,11H,2-4,7-10,15H2,1H3. The SMILES string of the molecule is Cc1cc(SCCCN2CCCC2)ccc1N. The molecule has 2 N–H and O–H groups in total. The molecule has 0 bridgehead atoms. The molecule has 1 aliphatic rings. The molecule has 1 aromatic carbocycles. The van der Waals surface area contributed by atoms with Gasteiger partial charge in [0.2, 0.25) is 0 Å². The lowest BCUT2D eigenvalue weighted by Gasteiger charge is -2.13. The summed E-state index contributed by atoms with van der Waals surface area (Å²) in [6, 6.07) is 6.33. The lowest BCUT2D eigenvalue weighted by Crippen LogP contribution is -2.20. The van der Waals surface area contributed by atoms with Crippen LogP contribution in [0, 0.1) is 6.92 Å². The Kier molecular flexibility index (Phi) is 4.75. The van der Waals surface area contributed by atoms with Crippen LogP contribution in [-0.4, -0.2) is 30.3 Å². The van der Waals surface area contributed by atoms with Crippen LogP contribution < -0.4 is 5.73 Å². The van der Waals surface area contributed by atoms with Crippen LogP contribution in [0.15, 0.2) is 23.1 Å². The van der Waals surface area contributed by atoms with Crippen molar-refractivity contribution >= 4 is 17.4 Å². The number of nitrogen functional groups attached to an aromatic ring is 1. The molecule has 0 aromatic heterocycles. The van der Waals surface area contributed by atoms with Crippen molar-refractivity contribution in [2.45, 2.75) is 31.1 Å². The second-order valence-corrected chi connectivity index (χ2v) is 5.94. The number of nitrogens with two attached hydrogens (primary N) is 1. The molecule has 0 spiro atoms. The minimum atomic E-state index is 0.895. The highest BCUT2D eigenvalue weighted by molar-refractivity contribution is 7.99. The first-order valence-electron chi connectivity index (χ1n) is 6.47. The summed E-state index contributed by atoms with van der Waals surface area (Å²) in [5.74, 6) is 1.21. The zero-order valence-corrected chi connectivity index (χ0v) is 11.4. The van der Waals surface area contributed by atoms with E-state index in [0.717, 1.165) is 5.69 Å². The van der Waals surface area contributed by atoms with Crippen molar-refractivity contribution in [2.24, 2.45) is 0 Å². The molecule has 0 saturated carbocycles. The molecular weight excluding hydrogens is 228 g/mol. The Morgan fingerprint density at radius 1 is 1.29 bits per heavy atom. The fourth-order valence-corrected chi connectivity index (χ4v) is 3.16. The molecule has 0 aliphatic carbocycles. The molecule has 1 fully saturated rings. The van der Waals surface area contributed by atoms with Crippen molar-refractivity contribution in [3.63, 3.8) is 0 Å². The highest BCUT2D eigenvalue weighted by Gasteiger charge is 2.10. The van der Waals surface area contributed by atoms with Crippen LogP contribution in [0.3, 0.4) is 0 Å². The van der Waals surface area contributed by atoms with Crippen LogP contribution in [0.4, 0.5) is 5.69 Å². The van der Waals surface area contributed by atoms with Gasteiger partial charge in [0.15, 0.2) is 0 Å². The highest BCUT2D eigenvalue weighted by atomic mass is 32.2. The summed E-state index contributed by atoms with van der Waals surface area (Å²) in [7, 11) is 0. The maximum atomic E-state index is 5.81. The molecule has 2 nitrogen and oxygen atoms in total. The van der Waals surface area contributed by atoms with Crippen molar-refractivity contribution < 1.29 is 0 Å². The number of hydrogen-bond donors (Lipinski definition) is 1. The molecule has 0 unspecified atom stereocenters. The largest absolute Gasteiger partial charge is 0.399 e. The van der Waals surface area contributed by atoms with Crippen molar-refractivity contribution in [2.75, 3.05) is 31.1 Å². The molecule has 2 rings (SSSR count). The van der Waals surface area contributed by atoms with Crippen molar-refractivity contribution in [3.05, 3.63) is 23.8 Å². The Bertz CT molecular complexity index is 359. The van der Waals surface area contributed by atoms with E-state index in [1.165, 1.54) is 55.1 Å². The number of anilines is 1. The number of thioether (sulfide) groups is 1. The normalized spacial score (nSPS) is 16.5. The maximum Gasteiger partial charge on any atom is 0.0344 e. The molecule has 1 heterocycles. The first-order chi connectivity index (χ1) is 8.25. The first kappa shape index (κ1) is 12.8. The highest BCUT2D eigenvalue weighted by Crippen LogP contribution is 2.23. The Hall–Kier alpha value is -0.670. The topological polar surface area (TPSA) is 29.3 Å². The molecular formula is C14H22N2S. The minimum Gasteiger partial charge on any atom is -0.399 e. The number of likely N-dealkylation sites (tertiary alicyclic amines) is 1. The van der Waals surface area contributed by atoms with E-state index in [2.05, 4.69) is 24.0 Å². The van der Waals surface area contributed by atoms with E-state index in [4.69, 9.17) is 5.73 Å². The summed E-state index contributed by atoms with van der Waals surface area (Å²) < 4.78 is 0. The summed E-state index contributed by atoms with van der Waals surface area (Å²) in [5.41, 5.74) is 7.89. The molecule has 0 atom stereocenters. The van der Waals surface area contributed by atoms with Gasteiger partial charge in [-0.2, -0.15) is 0 Å². The number of aryl methyl sites for hydroxylation is 1. The van der Waals surface area contributed by atoms with E-state index in [0.29, 0.717) is 0 Å². The van der Waals surface area contributed by atoms with Crippen LogP contribution in [-0.2, 0) is 0 Å². The quantitative estimate of drug-likeness (QED) is 0.494. The number of benzene rings is 1. The Morgan fingerprint density at radius 2 is 2.06 bits per heavy atom. The zero-order valence-electron chi connectivity index (χ0n) is 10.6. The van der Waals surface area contributed by atoms with Crippen LogP contribution in [0.2, 0.25) is 0 Å². The Morgan fingerprint density at radius 3 is 2.76 bits per heavy atom. The summed E-state index contributed by atoms with van der Waals surface area (Å²) in [4.78, 5) is 3.92. The molecule has 1 aliphatic heterocycles. The van der Waals surface area contributed by atoms with Gasteiger partial charge < -0.3 is 10.6 Å². The molecule has 3 heteroatoms. The van der Waals surface area contributed by atoms with Gasteiger partial charge in [-0.25, -0.2) is 0 Å². The molecule has 0 radical (unpaired) electrons. The third kappa shape index (κ3) is 3.93. The third-order valence-electron chi connectivity index (χ3n) is 3.33. The molecule has 1 saturated heterocycles. The van der Waals surface area contributed by atoms with E-state index in [-0.39, 0.29) is 0 Å². The summed E-state index contributed by atoms with van der Waals surface area (Å²) >= 11 is 1.94. The lowest BCUT2D eigenvalue weighted by molar-refractivity contribution is 0.341.